The molecule has 1 aromatic heterocycles. The van der Waals surface area contributed by atoms with Gasteiger partial charge in [-0.25, -0.2) is 4.57 Å². The number of carbonyl (C=O) groups excluding carboxylic acids is 1. The van der Waals surface area contributed by atoms with Crippen molar-refractivity contribution >= 4 is 17.3 Å². The summed E-state index contributed by atoms with van der Waals surface area (Å²) in [4.78, 5) is 14.6. The smallest absolute Gasteiger partial charge is 0.230 e. The number of hydrogen-bond acceptors (Lipinski definition) is 2. The Morgan fingerprint density at radius 3 is 2.35 bits per heavy atom. The van der Waals surface area contributed by atoms with E-state index in [1.807, 2.05) is 29.1 Å². The minimum Gasteiger partial charge on any atom is -1.00 e. The van der Waals surface area contributed by atoms with Crippen LogP contribution in [0.3, 0.4) is 0 Å². The summed E-state index contributed by atoms with van der Waals surface area (Å²) >= 11 is 0. The highest BCUT2D eigenvalue weighted by atomic mass is 79.9. The standard InChI is InChI=1S/C21H27N3O.BrH/c1-17-7-12-23(13-8-17)14-11-21(25)22-19-3-5-20(6-4-19)24-15-9-18(2)10-16-24;/h3-8,12-13,18H,9-11,14-16H2,1-2H3;1H. The summed E-state index contributed by atoms with van der Waals surface area (Å²) in [6.45, 7) is 7.33. The lowest BCUT2D eigenvalue weighted by atomic mass is 9.99. The molecule has 140 valence electrons. The molecule has 5 heteroatoms. The third-order valence-electron chi connectivity index (χ3n) is 4.95. The summed E-state index contributed by atoms with van der Waals surface area (Å²) in [7, 11) is 0. The van der Waals surface area contributed by atoms with Gasteiger partial charge in [0.2, 0.25) is 5.91 Å². The number of halogens is 1. The number of amides is 1. The van der Waals surface area contributed by atoms with Crippen LogP contribution in [0.1, 0.15) is 31.7 Å². The molecule has 0 radical (unpaired) electrons. The van der Waals surface area contributed by atoms with Crippen LogP contribution in [0.15, 0.2) is 48.8 Å². The van der Waals surface area contributed by atoms with E-state index in [0.29, 0.717) is 13.0 Å². The van der Waals surface area contributed by atoms with Gasteiger partial charge < -0.3 is 27.2 Å². The first-order chi connectivity index (χ1) is 12.1. The molecule has 26 heavy (non-hydrogen) atoms. The van der Waals surface area contributed by atoms with Crippen molar-refractivity contribution in [1.82, 2.24) is 0 Å². The number of piperidine rings is 1. The third kappa shape index (κ3) is 5.84. The number of pyridine rings is 1. The highest BCUT2D eigenvalue weighted by Crippen LogP contribution is 2.24. The summed E-state index contributed by atoms with van der Waals surface area (Å²) in [6.07, 6.45) is 7.01. The molecule has 1 aliphatic heterocycles. The number of aromatic nitrogens is 1. The van der Waals surface area contributed by atoms with Crippen molar-refractivity contribution in [2.75, 3.05) is 23.3 Å². The van der Waals surface area contributed by atoms with Crippen LogP contribution in [0.2, 0.25) is 0 Å². The molecular formula is C21H28BrN3O. The number of nitrogens with one attached hydrogen (secondary N) is 1. The zero-order chi connectivity index (χ0) is 17.6. The van der Waals surface area contributed by atoms with Crippen molar-refractivity contribution in [3.63, 3.8) is 0 Å². The maximum absolute atomic E-state index is 12.1. The lowest BCUT2D eigenvalue weighted by molar-refractivity contribution is -0.695. The average Bonchev–Trinajstić information content (AvgIpc) is 2.63. The van der Waals surface area contributed by atoms with Crippen molar-refractivity contribution < 1.29 is 26.3 Å². The van der Waals surface area contributed by atoms with E-state index in [2.05, 4.69) is 48.3 Å². The molecule has 0 unspecified atom stereocenters. The summed E-state index contributed by atoms with van der Waals surface area (Å²) in [6, 6.07) is 12.3. The Labute approximate surface area is 167 Å². The number of hydrogen-bond donors (Lipinski definition) is 1. The van der Waals surface area contributed by atoms with Gasteiger partial charge in [-0.05, 0) is 55.5 Å². The predicted molar refractivity (Wildman–Crippen MR) is 102 cm³/mol. The first-order valence-electron chi connectivity index (χ1n) is 9.21. The molecule has 0 bridgehead atoms. The minimum atomic E-state index is 0. The molecule has 0 spiro atoms. The lowest BCUT2D eigenvalue weighted by Gasteiger charge is -2.32. The molecule has 4 nitrogen and oxygen atoms in total. The zero-order valence-corrected chi connectivity index (χ0v) is 17.2. The number of nitrogens with zero attached hydrogens (tertiary/aromatic N) is 2. The second kappa shape index (κ2) is 9.72. The SMILES string of the molecule is Cc1cc[n+](CCC(=O)Nc2ccc(N3CCC(C)CC3)cc2)cc1.[Br-]. The summed E-state index contributed by atoms with van der Waals surface area (Å²) in [5.41, 5.74) is 3.34. The van der Waals surface area contributed by atoms with Gasteiger partial charge in [-0.1, -0.05) is 6.92 Å². The van der Waals surface area contributed by atoms with Gasteiger partial charge in [0, 0.05) is 36.6 Å². The van der Waals surface area contributed by atoms with Crippen molar-refractivity contribution in [3.05, 3.63) is 54.4 Å². The number of rotatable bonds is 5. The summed E-state index contributed by atoms with van der Waals surface area (Å²) in [5.74, 6) is 0.883. The maximum atomic E-state index is 12.1. The van der Waals surface area contributed by atoms with E-state index in [-0.39, 0.29) is 22.9 Å². The van der Waals surface area contributed by atoms with Gasteiger partial charge in [-0.3, -0.25) is 4.79 Å². The molecule has 1 fully saturated rings. The number of anilines is 2. The van der Waals surface area contributed by atoms with Crippen LogP contribution < -0.4 is 31.8 Å². The van der Waals surface area contributed by atoms with Gasteiger partial charge in [0.25, 0.3) is 0 Å². The van der Waals surface area contributed by atoms with Gasteiger partial charge in [0.05, 0.1) is 6.42 Å². The fourth-order valence-electron chi connectivity index (χ4n) is 3.16. The molecule has 2 heterocycles. The fraction of sp³-hybridized carbons (Fsp3) is 0.429. The van der Waals surface area contributed by atoms with Crippen LogP contribution in [0, 0.1) is 12.8 Å². The average molecular weight is 418 g/mol. The quantitative estimate of drug-likeness (QED) is 0.721. The minimum absolute atomic E-state index is 0. The topological polar surface area (TPSA) is 36.2 Å². The van der Waals surface area contributed by atoms with E-state index >= 15 is 0 Å². The van der Waals surface area contributed by atoms with E-state index in [1.165, 1.54) is 24.1 Å². The van der Waals surface area contributed by atoms with E-state index in [9.17, 15) is 4.79 Å². The van der Waals surface area contributed by atoms with Crippen LogP contribution in [0.25, 0.3) is 0 Å². The first kappa shape index (κ1) is 20.4. The zero-order valence-electron chi connectivity index (χ0n) is 15.6. The van der Waals surface area contributed by atoms with Gasteiger partial charge in [0.1, 0.15) is 0 Å². The molecule has 0 atom stereocenters. The van der Waals surface area contributed by atoms with Gasteiger partial charge >= 0.3 is 0 Å². The molecule has 3 rings (SSSR count). The van der Waals surface area contributed by atoms with Crippen LogP contribution in [-0.4, -0.2) is 19.0 Å². The van der Waals surface area contributed by atoms with Crippen molar-refractivity contribution in [2.24, 2.45) is 5.92 Å². The van der Waals surface area contributed by atoms with Gasteiger partial charge in [-0.2, -0.15) is 0 Å². The van der Waals surface area contributed by atoms with Gasteiger partial charge in [0.15, 0.2) is 18.9 Å². The molecule has 1 aromatic carbocycles. The fourth-order valence-corrected chi connectivity index (χ4v) is 3.16. The second-order valence-corrected chi connectivity index (χ2v) is 7.13. The van der Waals surface area contributed by atoms with Crippen molar-refractivity contribution in [2.45, 2.75) is 39.7 Å². The van der Waals surface area contributed by atoms with Crippen LogP contribution in [0.5, 0.6) is 0 Å². The van der Waals surface area contributed by atoms with E-state index in [1.54, 1.807) is 0 Å². The van der Waals surface area contributed by atoms with Crippen LogP contribution in [-0.2, 0) is 11.3 Å². The van der Waals surface area contributed by atoms with E-state index in [4.69, 9.17) is 0 Å². The van der Waals surface area contributed by atoms with Crippen molar-refractivity contribution in [1.29, 1.82) is 0 Å². The Bertz CT molecular complexity index is 692. The summed E-state index contributed by atoms with van der Waals surface area (Å²) < 4.78 is 2.03. The molecule has 0 saturated carbocycles. The Balaban J connectivity index is 0.00000243. The third-order valence-corrected chi connectivity index (χ3v) is 4.95. The molecular weight excluding hydrogens is 390 g/mol. The van der Waals surface area contributed by atoms with Gasteiger partial charge in [-0.15, -0.1) is 0 Å². The number of carbonyl (C=O) groups is 1. The number of benzene rings is 1. The largest absolute Gasteiger partial charge is 1.00 e. The predicted octanol–water partition coefficient (Wildman–Crippen LogP) is 0.552. The van der Waals surface area contributed by atoms with E-state index < -0.39 is 0 Å². The number of aryl methyl sites for hydroxylation is 2. The molecule has 1 saturated heterocycles. The Morgan fingerprint density at radius 1 is 1.12 bits per heavy atom. The van der Waals surface area contributed by atoms with Crippen molar-refractivity contribution in [3.8, 4) is 0 Å². The van der Waals surface area contributed by atoms with Crippen LogP contribution >= 0.6 is 0 Å². The first-order valence-corrected chi connectivity index (χ1v) is 9.21. The molecule has 1 amide bonds. The molecule has 0 aliphatic carbocycles. The molecule has 2 aromatic rings. The molecule has 1 N–H and O–H groups in total. The normalized spacial score (nSPS) is 14.6. The second-order valence-electron chi connectivity index (χ2n) is 7.13. The Morgan fingerprint density at radius 2 is 1.73 bits per heavy atom. The monoisotopic (exact) mass is 417 g/mol. The molecule has 1 aliphatic rings. The maximum Gasteiger partial charge on any atom is 0.230 e. The highest BCUT2D eigenvalue weighted by molar-refractivity contribution is 5.90. The van der Waals surface area contributed by atoms with E-state index in [0.717, 1.165) is 24.7 Å². The Kier molecular flexibility index (Phi) is 7.64. The Hall–Kier alpha value is -1.88. The lowest BCUT2D eigenvalue weighted by Crippen LogP contribution is -3.00. The highest BCUT2D eigenvalue weighted by Gasteiger charge is 2.16. The summed E-state index contributed by atoms with van der Waals surface area (Å²) in [5, 5.41) is 2.99. The van der Waals surface area contributed by atoms with Crippen LogP contribution in [0.4, 0.5) is 11.4 Å².